The highest BCUT2D eigenvalue weighted by atomic mass is 16.3. The lowest BCUT2D eigenvalue weighted by molar-refractivity contribution is 0.103. The van der Waals surface area contributed by atoms with Crippen molar-refractivity contribution in [3.8, 4) is 34.5 Å². The number of phenols is 6. The lowest BCUT2D eigenvalue weighted by Crippen LogP contribution is -2.03. The second kappa shape index (κ2) is 4.54. The fourth-order valence-corrected chi connectivity index (χ4v) is 1.70. The molecule has 0 unspecified atom stereocenters. The second-order valence-corrected chi connectivity index (χ2v) is 4.02. The third-order valence-electron chi connectivity index (χ3n) is 2.69. The van der Waals surface area contributed by atoms with Crippen LogP contribution in [0.4, 0.5) is 0 Å². The summed E-state index contributed by atoms with van der Waals surface area (Å²) in [6.45, 7) is 0. The third-order valence-corrected chi connectivity index (χ3v) is 2.69. The third kappa shape index (κ3) is 2.01. The summed E-state index contributed by atoms with van der Waals surface area (Å²) >= 11 is 0. The Kier molecular flexibility index (Phi) is 3.03. The summed E-state index contributed by atoms with van der Waals surface area (Å²) in [6, 6.07) is 3.79. The Morgan fingerprint density at radius 1 is 0.750 bits per heavy atom. The molecule has 104 valence electrons. The average molecular weight is 278 g/mol. The number of aromatic hydroxyl groups is 6. The van der Waals surface area contributed by atoms with E-state index in [1.807, 2.05) is 0 Å². The molecule has 0 aliphatic heterocycles. The molecule has 2 aromatic carbocycles. The van der Waals surface area contributed by atoms with Crippen molar-refractivity contribution < 1.29 is 35.4 Å². The van der Waals surface area contributed by atoms with E-state index in [2.05, 4.69) is 0 Å². The van der Waals surface area contributed by atoms with Crippen molar-refractivity contribution in [2.24, 2.45) is 0 Å². The van der Waals surface area contributed by atoms with Crippen molar-refractivity contribution in [2.75, 3.05) is 0 Å². The number of hydrogen-bond acceptors (Lipinski definition) is 7. The summed E-state index contributed by atoms with van der Waals surface area (Å²) in [5, 5.41) is 56.6. The molecule has 0 atom stereocenters. The molecule has 0 spiro atoms. The molecule has 0 aromatic heterocycles. The van der Waals surface area contributed by atoms with Gasteiger partial charge in [0.25, 0.3) is 0 Å². The predicted molar refractivity (Wildman–Crippen MR) is 66.3 cm³/mol. The number of benzene rings is 2. The fraction of sp³-hybridized carbons (Fsp3) is 0. The Labute approximate surface area is 112 Å². The maximum atomic E-state index is 12.1. The summed E-state index contributed by atoms with van der Waals surface area (Å²) in [4.78, 5) is 12.1. The molecular formula is C13H10O7. The van der Waals surface area contributed by atoms with Gasteiger partial charge >= 0.3 is 0 Å². The number of carbonyl (C=O) groups excluding carboxylic acids is 1. The molecule has 0 heterocycles. The van der Waals surface area contributed by atoms with E-state index in [1.165, 1.54) is 0 Å². The Morgan fingerprint density at radius 2 is 1.40 bits per heavy atom. The van der Waals surface area contributed by atoms with Gasteiger partial charge in [0.2, 0.25) is 11.5 Å². The van der Waals surface area contributed by atoms with Gasteiger partial charge < -0.3 is 30.6 Å². The standard InChI is InChI=1S/C13H10O7/c14-5-1-2-7(15)6(3-5)11(18)10-8(16)4-9(17)12(19)13(10)20/h1-4,14-17,19-20H. The van der Waals surface area contributed by atoms with Crippen molar-refractivity contribution in [1.29, 1.82) is 0 Å². The number of carbonyl (C=O) groups is 1. The molecule has 7 heteroatoms. The monoisotopic (exact) mass is 278 g/mol. The Balaban J connectivity index is 2.66. The highest BCUT2D eigenvalue weighted by Gasteiger charge is 2.25. The van der Waals surface area contributed by atoms with Crippen molar-refractivity contribution in [3.63, 3.8) is 0 Å². The van der Waals surface area contributed by atoms with Crippen molar-refractivity contribution in [2.45, 2.75) is 0 Å². The minimum Gasteiger partial charge on any atom is -0.508 e. The van der Waals surface area contributed by atoms with Crippen LogP contribution in [0.1, 0.15) is 15.9 Å². The Morgan fingerprint density at radius 3 is 2.05 bits per heavy atom. The molecule has 20 heavy (non-hydrogen) atoms. The Bertz CT molecular complexity index is 706. The van der Waals surface area contributed by atoms with Crippen LogP contribution in [0.15, 0.2) is 24.3 Å². The van der Waals surface area contributed by atoms with Crippen molar-refractivity contribution in [1.82, 2.24) is 0 Å². The van der Waals surface area contributed by atoms with Gasteiger partial charge in [0.1, 0.15) is 22.8 Å². The zero-order valence-electron chi connectivity index (χ0n) is 9.90. The molecule has 0 saturated carbocycles. The number of phenolic OH excluding ortho intramolecular Hbond substituents is 6. The van der Waals surface area contributed by atoms with Crippen LogP contribution in [-0.2, 0) is 0 Å². The first-order chi connectivity index (χ1) is 9.32. The topological polar surface area (TPSA) is 138 Å². The Hall–Kier alpha value is -3.09. The fourth-order valence-electron chi connectivity index (χ4n) is 1.70. The highest BCUT2D eigenvalue weighted by Crippen LogP contribution is 2.44. The minimum atomic E-state index is -1.04. The van der Waals surface area contributed by atoms with Crippen molar-refractivity contribution >= 4 is 5.78 Å². The SMILES string of the molecule is O=C(c1cc(O)ccc1O)c1c(O)cc(O)c(O)c1O. The predicted octanol–water partition coefficient (Wildman–Crippen LogP) is 1.15. The van der Waals surface area contributed by atoms with Gasteiger partial charge in [-0.05, 0) is 18.2 Å². The van der Waals surface area contributed by atoms with E-state index in [9.17, 15) is 35.4 Å². The molecule has 0 aliphatic carbocycles. The van der Waals surface area contributed by atoms with Gasteiger partial charge in [-0.3, -0.25) is 4.79 Å². The molecule has 0 amide bonds. The van der Waals surface area contributed by atoms with Crippen molar-refractivity contribution in [3.05, 3.63) is 35.4 Å². The van der Waals surface area contributed by atoms with E-state index < -0.39 is 40.1 Å². The first-order valence-electron chi connectivity index (χ1n) is 5.36. The largest absolute Gasteiger partial charge is 0.508 e. The average Bonchev–Trinajstić information content (AvgIpc) is 2.39. The molecule has 2 rings (SSSR count). The van der Waals surface area contributed by atoms with E-state index >= 15 is 0 Å². The molecule has 2 aromatic rings. The van der Waals surface area contributed by atoms with Gasteiger partial charge in [-0.25, -0.2) is 0 Å². The van der Waals surface area contributed by atoms with E-state index in [-0.39, 0.29) is 11.3 Å². The van der Waals surface area contributed by atoms with E-state index in [0.29, 0.717) is 6.07 Å². The smallest absolute Gasteiger partial charge is 0.204 e. The second-order valence-electron chi connectivity index (χ2n) is 4.02. The van der Waals surface area contributed by atoms with Gasteiger partial charge in [0.15, 0.2) is 11.5 Å². The summed E-state index contributed by atoms with van der Waals surface area (Å²) in [6.07, 6.45) is 0. The maximum Gasteiger partial charge on any atom is 0.204 e. The van der Waals surface area contributed by atoms with Gasteiger partial charge in [0, 0.05) is 6.07 Å². The summed E-state index contributed by atoms with van der Waals surface area (Å²) in [5.41, 5.74) is -1.10. The zero-order chi connectivity index (χ0) is 15.0. The molecule has 0 bridgehead atoms. The first kappa shape index (κ1) is 13.3. The van der Waals surface area contributed by atoms with Crippen LogP contribution in [0.3, 0.4) is 0 Å². The molecular weight excluding hydrogens is 268 g/mol. The summed E-state index contributed by atoms with van der Waals surface area (Å²) < 4.78 is 0. The molecule has 0 radical (unpaired) electrons. The highest BCUT2D eigenvalue weighted by molar-refractivity contribution is 6.14. The summed E-state index contributed by atoms with van der Waals surface area (Å²) in [7, 11) is 0. The summed E-state index contributed by atoms with van der Waals surface area (Å²) in [5.74, 6) is -5.45. The zero-order valence-corrected chi connectivity index (χ0v) is 9.90. The normalized spacial score (nSPS) is 10.4. The molecule has 0 aliphatic rings. The van der Waals surface area contributed by atoms with Gasteiger partial charge in [-0.1, -0.05) is 0 Å². The van der Waals surface area contributed by atoms with E-state index in [1.54, 1.807) is 0 Å². The van der Waals surface area contributed by atoms with Crippen LogP contribution in [-0.4, -0.2) is 36.4 Å². The maximum absolute atomic E-state index is 12.1. The van der Waals surface area contributed by atoms with Gasteiger partial charge in [-0.15, -0.1) is 0 Å². The lowest BCUT2D eigenvalue weighted by Gasteiger charge is -2.10. The van der Waals surface area contributed by atoms with Gasteiger partial charge in [0.05, 0.1) is 5.56 Å². The molecule has 0 saturated heterocycles. The van der Waals surface area contributed by atoms with Crippen LogP contribution in [0, 0.1) is 0 Å². The molecule has 7 nitrogen and oxygen atoms in total. The quantitative estimate of drug-likeness (QED) is 0.275. The molecule has 0 fully saturated rings. The van der Waals surface area contributed by atoms with Crippen LogP contribution in [0.2, 0.25) is 0 Å². The lowest BCUT2D eigenvalue weighted by atomic mass is 9.99. The van der Waals surface area contributed by atoms with E-state index in [4.69, 9.17) is 0 Å². The van der Waals surface area contributed by atoms with Crippen LogP contribution < -0.4 is 0 Å². The number of ketones is 1. The minimum absolute atomic E-state index is 0.312. The van der Waals surface area contributed by atoms with Gasteiger partial charge in [-0.2, -0.15) is 0 Å². The van der Waals surface area contributed by atoms with Crippen LogP contribution >= 0.6 is 0 Å². The van der Waals surface area contributed by atoms with Crippen LogP contribution in [0.25, 0.3) is 0 Å². The first-order valence-corrected chi connectivity index (χ1v) is 5.36. The molecule has 6 N–H and O–H groups in total. The number of hydrogen-bond donors (Lipinski definition) is 6. The van der Waals surface area contributed by atoms with E-state index in [0.717, 1.165) is 18.2 Å². The number of rotatable bonds is 2. The van der Waals surface area contributed by atoms with Crippen LogP contribution in [0.5, 0.6) is 34.5 Å².